The van der Waals surface area contributed by atoms with Crippen LogP contribution in [-0.4, -0.2) is 28.0 Å². The van der Waals surface area contributed by atoms with E-state index >= 15 is 0 Å². The molecule has 2 aromatic rings. The van der Waals surface area contributed by atoms with E-state index in [-0.39, 0.29) is 5.56 Å². The Kier molecular flexibility index (Phi) is 2.30. The summed E-state index contributed by atoms with van der Waals surface area (Å²) in [6.07, 6.45) is 0. The molecule has 84 valence electrons. The molecule has 0 radical (unpaired) electrons. The van der Waals surface area contributed by atoms with Gasteiger partial charge in [0.05, 0.1) is 23.9 Å². The zero-order valence-corrected chi connectivity index (χ0v) is 9.31. The van der Waals surface area contributed by atoms with Crippen LogP contribution in [0.2, 0.25) is 0 Å². The first-order chi connectivity index (χ1) is 7.54. The minimum absolute atomic E-state index is 0.206. The molecular weight excluding hydrogens is 208 g/mol. The van der Waals surface area contributed by atoms with Crippen molar-refractivity contribution in [2.75, 3.05) is 7.11 Å². The molecule has 0 spiro atoms. The Labute approximate surface area is 92.2 Å². The van der Waals surface area contributed by atoms with Crippen molar-refractivity contribution in [3.63, 3.8) is 0 Å². The fourth-order valence-electron chi connectivity index (χ4n) is 1.84. The molecule has 0 atom stereocenters. The van der Waals surface area contributed by atoms with Gasteiger partial charge in [-0.15, -0.1) is 0 Å². The fourth-order valence-corrected chi connectivity index (χ4v) is 1.84. The molecule has 0 saturated heterocycles. The van der Waals surface area contributed by atoms with Gasteiger partial charge in [-0.2, -0.15) is 5.10 Å². The quantitative estimate of drug-likeness (QED) is 0.834. The van der Waals surface area contributed by atoms with E-state index in [0.29, 0.717) is 11.3 Å². The minimum atomic E-state index is -0.980. The highest BCUT2D eigenvalue weighted by molar-refractivity contribution is 6.03. The van der Waals surface area contributed by atoms with Crippen molar-refractivity contribution in [3.05, 3.63) is 23.4 Å². The molecule has 0 unspecified atom stereocenters. The summed E-state index contributed by atoms with van der Waals surface area (Å²) < 4.78 is 6.65. The Bertz CT molecular complexity index is 572. The number of ether oxygens (including phenoxy) is 1. The van der Waals surface area contributed by atoms with Gasteiger partial charge in [-0.25, -0.2) is 4.79 Å². The van der Waals surface area contributed by atoms with Crippen LogP contribution in [0, 0.1) is 6.92 Å². The molecular formula is C11H12N2O3. The number of aromatic nitrogens is 2. The molecule has 0 bridgehead atoms. The summed E-state index contributed by atoms with van der Waals surface area (Å²) in [6, 6.07) is 3.30. The standard InChI is InChI=1S/C11H12N2O3/c1-6-8-4-7(16-3)5-9(11(14)15)10(8)13(2)12-6/h4-5H,1-3H3,(H,14,15). The molecule has 0 aliphatic rings. The third-order valence-electron chi connectivity index (χ3n) is 2.56. The van der Waals surface area contributed by atoms with Crippen LogP contribution in [-0.2, 0) is 7.05 Å². The van der Waals surface area contributed by atoms with E-state index < -0.39 is 5.97 Å². The van der Waals surface area contributed by atoms with Crippen LogP contribution in [0.3, 0.4) is 0 Å². The Morgan fingerprint density at radius 3 is 2.75 bits per heavy atom. The van der Waals surface area contributed by atoms with E-state index in [1.165, 1.54) is 13.2 Å². The second kappa shape index (κ2) is 3.52. The number of carboxylic acid groups (broad SMARTS) is 1. The SMILES string of the molecule is COc1cc(C(=O)O)c2c(c1)c(C)nn2C. The number of aromatic carboxylic acids is 1. The van der Waals surface area contributed by atoms with E-state index in [0.717, 1.165) is 11.1 Å². The zero-order chi connectivity index (χ0) is 11.9. The first-order valence-corrected chi connectivity index (χ1v) is 4.79. The largest absolute Gasteiger partial charge is 0.497 e. The van der Waals surface area contributed by atoms with Gasteiger partial charge in [-0.05, 0) is 19.1 Å². The Hall–Kier alpha value is -2.04. The number of hydrogen-bond acceptors (Lipinski definition) is 3. The highest BCUT2D eigenvalue weighted by Crippen LogP contribution is 2.27. The Morgan fingerprint density at radius 2 is 2.19 bits per heavy atom. The van der Waals surface area contributed by atoms with Crippen LogP contribution in [0.5, 0.6) is 5.75 Å². The summed E-state index contributed by atoms with van der Waals surface area (Å²) in [5.41, 5.74) is 1.61. The molecule has 1 aromatic carbocycles. The van der Waals surface area contributed by atoms with Gasteiger partial charge in [0.15, 0.2) is 0 Å². The predicted octanol–water partition coefficient (Wildman–Crippen LogP) is 1.59. The summed E-state index contributed by atoms with van der Waals surface area (Å²) in [7, 11) is 3.24. The molecule has 5 heteroatoms. The maximum Gasteiger partial charge on any atom is 0.338 e. The molecule has 16 heavy (non-hydrogen) atoms. The Balaban J connectivity index is 2.90. The van der Waals surface area contributed by atoms with E-state index in [1.54, 1.807) is 17.8 Å². The second-order valence-electron chi connectivity index (χ2n) is 3.59. The number of aryl methyl sites for hydroxylation is 2. The highest BCUT2D eigenvalue weighted by atomic mass is 16.5. The highest BCUT2D eigenvalue weighted by Gasteiger charge is 2.16. The van der Waals surface area contributed by atoms with Crippen molar-refractivity contribution in [2.45, 2.75) is 6.92 Å². The molecule has 2 rings (SSSR count). The van der Waals surface area contributed by atoms with E-state index in [2.05, 4.69) is 5.10 Å². The van der Waals surface area contributed by atoms with E-state index in [4.69, 9.17) is 9.84 Å². The lowest BCUT2D eigenvalue weighted by molar-refractivity contribution is 0.0698. The van der Waals surface area contributed by atoms with Gasteiger partial charge in [0, 0.05) is 12.4 Å². The smallest absolute Gasteiger partial charge is 0.338 e. The molecule has 0 aliphatic heterocycles. The van der Waals surface area contributed by atoms with Crippen LogP contribution >= 0.6 is 0 Å². The number of rotatable bonds is 2. The summed E-state index contributed by atoms with van der Waals surface area (Å²) >= 11 is 0. The third-order valence-corrected chi connectivity index (χ3v) is 2.56. The molecule has 0 amide bonds. The second-order valence-corrected chi connectivity index (χ2v) is 3.59. The van der Waals surface area contributed by atoms with Crippen LogP contribution < -0.4 is 4.74 Å². The zero-order valence-electron chi connectivity index (χ0n) is 9.31. The summed E-state index contributed by atoms with van der Waals surface area (Å²) in [4.78, 5) is 11.1. The van der Waals surface area contributed by atoms with Crippen molar-refractivity contribution < 1.29 is 14.6 Å². The van der Waals surface area contributed by atoms with E-state index in [9.17, 15) is 4.79 Å². The van der Waals surface area contributed by atoms with Crippen molar-refractivity contribution in [3.8, 4) is 5.75 Å². The number of hydrogen-bond donors (Lipinski definition) is 1. The molecule has 1 heterocycles. The van der Waals surface area contributed by atoms with Crippen molar-refractivity contribution in [1.82, 2.24) is 9.78 Å². The van der Waals surface area contributed by atoms with Gasteiger partial charge in [0.1, 0.15) is 5.75 Å². The summed E-state index contributed by atoms with van der Waals surface area (Å²) in [5, 5.41) is 14.2. The van der Waals surface area contributed by atoms with Crippen LogP contribution in [0.15, 0.2) is 12.1 Å². The number of carbonyl (C=O) groups is 1. The topological polar surface area (TPSA) is 64.3 Å². The molecule has 0 aliphatic carbocycles. The monoisotopic (exact) mass is 220 g/mol. The summed E-state index contributed by atoms with van der Waals surface area (Å²) in [5.74, 6) is -0.451. The average Bonchev–Trinajstić information content (AvgIpc) is 2.53. The van der Waals surface area contributed by atoms with E-state index in [1.807, 2.05) is 6.92 Å². The lowest BCUT2D eigenvalue weighted by Gasteiger charge is -2.04. The number of nitrogens with zero attached hydrogens (tertiary/aromatic N) is 2. The lowest BCUT2D eigenvalue weighted by atomic mass is 10.1. The van der Waals surface area contributed by atoms with Crippen molar-refractivity contribution in [1.29, 1.82) is 0 Å². The normalized spacial score (nSPS) is 10.7. The number of fused-ring (bicyclic) bond motifs is 1. The van der Waals surface area contributed by atoms with Gasteiger partial charge in [0.2, 0.25) is 0 Å². The maximum atomic E-state index is 11.1. The number of carboxylic acids is 1. The van der Waals surface area contributed by atoms with Gasteiger partial charge < -0.3 is 9.84 Å². The first kappa shape index (κ1) is 10.5. The van der Waals surface area contributed by atoms with Gasteiger partial charge >= 0.3 is 5.97 Å². The molecule has 1 aromatic heterocycles. The number of methoxy groups -OCH3 is 1. The molecule has 0 saturated carbocycles. The molecule has 1 N–H and O–H groups in total. The fraction of sp³-hybridized carbons (Fsp3) is 0.273. The maximum absolute atomic E-state index is 11.1. The third kappa shape index (κ3) is 1.41. The van der Waals surface area contributed by atoms with Gasteiger partial charge in [0.25, 0.3) is 0 Å². The molecule has 0 fully saturated rings. The minimum Gasteiger partial charge on any atom is -0.497 e. The molecule has 5 nitrogen and oxygen atoms in total. The van der Waals surface area contributed by atoms with Crippen LogP contribution in [0.4, 0.5) is 0 Å². The van der Waals surface area contributed by atoms with Crippen molar-refractivity contribution in [2.24, 2.45) is 7.05 Å². The average molecular weight is 220 g/mol. The van der Waals surface area contributed by atoms with Crippen molar-refractivity contribution >= 4 is 16.9 Å². The first-order valence-electron chi connectivity index (χ1n) is 4.79. The Morgan fingerprint density at radius 1 is 1.50 bits per heavy atom. The number of benzene rings is 1. The lowest BCUT2D eigenvalue weighted by Crippen LogP contribution is -2.02. The van der Waals surface area contributed by atoms with Crippen LogP contribution in [0.25, 0.3) is 10.9 Å². The summed E-state index contributed by atoms with van der Waals surface area (Å²) in [6.45, 7) is 1.84. The van der Waals surface area contributed by atoms with Gasteiger partial charge in [-0.3, -0.25) is 4.68 Å². The van der Waals surface area contributed by atoms with Crippen LogP contribution in [0.1, 0.15) is 16.1 Å². The van der Waals surface area contributed by atoms with Gasteiger partial charge in [-0.1, -0.05) is 0 Å². The predicted molar refractivity (Wildman–Crippen MR) is 59.0 cm³/mol.